The fourth-order valence-corrected chi connectivity index (χ4v) is 2.60. The van der Waals surface area contributed by atoms with Crippen molar-refractivity contribution >= 4 is 28.7 Å². The second-order valence-electron chi connectivity index (χ2n) is 6.12. The quantitative estimate of drug-likeness (QED) is 0.708. The summed E-state index contributed by atoms with van der Waals surface area (Å²) in [4.78, 5) is 32.2. The van der Waals surface area contributed by atoms with Crippen molar-refractivity contribution in [2.24, 2.45) is 5.92 Å². The Balaban J connectivity index is 1.61. The van der Waals surface area contributed by atoms with Crippen LogP contribution in [0.25, 0.3) is 22.6 Å². The number of benzene rings is 1. The summed E-state index contributed by atoms with van der Waals surface area (Å²) >= 11 is 0. The zero-order valence-electron chi connectivity index (χ0n) is 14.2. The summed E-state index contributed by atoms with van der Waals surface area (Å²) < 4.78 is 10.8. The Labute approximate surface area is 149 Å². The van der Waals surface area contributed by atoms with Gasteiger partial charge < -0.3 is 14.5 Å². The fraction of sp³-hybridized carbons (Fsp3) is 0.263. The Hall–Kier alpha value is -3.22. The maximum absolute atomic E-state index is 11.9. The number of hydrogen-bond donors (Lipinski definition) is 1. The van der Waals surface area contributed by atoms with Gasteiger partial charge in [-0.3, -0.25) is 4.79 Å². The van der Waals surface area contributed by atoms with Crippen LogP contribution in [0.5, 0.6) is 0 Å². The highest BCUT2D eigenvalue weighted by Gasteiger charge is 2.29. The van der Waals surface area contributed by atoms with E-state index in [4.69, 9.17) is 9.15 Å². The second-order valence-corrected chi connectivity index (χ2v) is 6.12. The van der Waals surface area contributed by atoms with Gasteiger partial charge in [-0.05, 0) is 44.0 Å². The molecule has 1 N–H and O–H groups in total. The Kier molecular flexibility index (Phi) is 4.12. The molecule has 0 radical (unpaired) electrons. The van der Waals surface area contributed by atoms with Gasteiger partial charge in [0, 0.05) is 29.4 Å². The van der Waals surface area contributed by atoms with Crippen LogP contribution in [0.4, 0.5) is 5.69 Å². The molecule has 1 amide bonds. The molecule has 0 spiro atoms. The molecule has 0 unspecified atom stereocenters. The Morgan fingerprint density at radius 1 is 1.27 bits per heavy atom. The molecule has 0 saturated heterocycles. The standard InChI is InChI=1S/C19H17N3O4/c1-2-25-19(24)15-9-12(7-8-20-15)18-22-14-6-5-13(10-16(14)26-18)21-17(23)11-3-4-11/h5-11H,2-4H2,1H3,(H,21,23). The van der Waals surface area contributed by atoms with Crippen LogP contribution in [0, 0.1) is 5.92 Å². The van der Waals surface area contributed by atoms with Gasteiger partial charge in [0.25, 0.3) is 0 Å². The highest BCUT2D eigenvalue weighted by atomic mass is 16.5. The topological polar surface area (TPSA) is 94.3 Å². The predicted molar refractivity (Wildman–Crippen MR) is 94.6 cm³/mol. The van der Waals surface area contributed by atoms with Crippen molar-refractivity contribution in [2.75, 3.05) is 11.9 Å². The molecule has 2 aromatic heterocycles. The highest BCUT2D eigenvalue weighted by Crippen LogP contribution is 2.31. The van der Waals surface area contributed by atoms with Crippen LogP contribution in [0.2, 0.25) is 0 Å². The number of carbonyl (C=O) groups excluding carboxylic acids is 2. The van der Waals surface area contributed by atoms with Gasteiger partial charge >= 0.3 is 5.97 Å². The third-order valence-corrected chi connectivity index (χ3v) is 4.10. The number of nitrogens with zero attached hydrogens (tertiary/aromatic N) is 2. The molecular weight excluding hydrogens is 334 g/mol. The van der Waals surface area contributed by atoms with E-state index >= 15 is 0 Å². The van der Waals surface area contributed by atoms with E-state index in [1.807, 2.05) is 0 Å². The molecule has 4 rings (SSSR count). The lowest BCUT2D eigenvalue weighted by atomic mass is 10.2. The molecule has 0 aliphatic heterocycles. The zero-order valence-corrected chi connectivity index (χ0v) is 14.2. The minimum absolute atomic E-state index is 0.0392. The molecule has 132 valence electrons. The number of fused-ring (bicyclic) bond motifs is 1. The molecule has 7 nitrogen and oxygen atoms in total. The van der Waals surface area contributed by atoms with Gasteiger partial charge in [-0.15, -0.1) is 0 Å². The summed E-state index contributed by atoms with van der Waals surface area (Å²) in [6.45, 7) is 2.02. The second kappa shape index (κ2) is 6.59. The first-order valence-electron chi connectivity index (χ1n) is 8.49. The number of carbonyl (C=O) groups is 2. The molecule has 7 heteroatoms. The summed E-state index contributed by atoms with van der Waals surface area (Å²) in [6, 6.07) is 8.63. The van der Waals surface area contributed by atoms with E-state index in [-0.39, 0.29) is 24.1 Å². The van der Waals surface area contributed by atoms with E-state index in [2.05, 4.69) is 15.3 Å². The molecule has 3 aromatic rings. The summed E-state index contributed by atoms with van der Waals surface area (Å²) in [7, 11) is 0. The number of oxazole rings is 1. The molecule has 1 aromatic carbocycles. The van der Waals surface area contributed by atoms with Crippen LogP contribution in [0.15, 0.2) is 40.9 Å². The van der Waals surface area contributed by atoms with Gasteiger partial charge in [-0.25, -0.2) is 14.8 Å². The molecular formula is C19H17N3O4. The Morgan fingerprint density at radius 3 is 2.88 bits per heavy atom. The van der Waals surface area contributed by atoms with E-state index in [0.717, 1.165) is 12.8 Å². The van der Waals surface area contributed by atoms with E-state index in [0.29, 0.717) is 28.2 Å². The van der Waals surface area contributed by atoms with E-state index < -0.39 is 5.97 Å². The van der Waals surface area contributed by atoms with Gasteiger partial charge in [-0.1, -0.05) is 0 Å². The number of anilines is 1. The van der Waals surface area contributed by atoms with Crippen molar-refractivity contribution in [2.45, 2.75) is 19.8 Å². The number of rotatable bonds is 5. The minimum Gasteiger partial charge on any atom is -0.461 e. The lowest BCUT2D eigenvalue weighted by Crippen LogP contribution is -2.12. The van der Waals surface area contributed by atoms with Gasteiger partial charge in [0.05, 0.1) is 6.61 Å². The van der Waals surface area contributed by atoms with Crippen LogP contribution in [0.3, 0.4) is 0 Å². The highest BCUT2D eigenvalue weighted by molar-refractivity contribution is 5.95. The van der Waals surface area contributed by atoms with Crippen LogP contribution < -0.4 is 5.32 Å². The average Bonchev–Trinajstić information content (AvgIpc) is 3.41. The first kappa shape index (κ1) is 16.3. The number of amides is 1. The summed E-state index contributed by atoms with van der Waals surface area (Å²) in [5.41, 5.74) is 2.73. The monoisotopic (exact) mass is 351 g/mol. The number of hydrogen-bond acceptors (Lipinski definition) is 6. The van der Waals surface area contributed by atoms with Gasteiger partial charge in [-0.2, -0.15) is 0 Å². The van der Waals surface area contributed by atoms with E-state index in [9.17, 15) is 9.59 Å². The van der Waals surface area contributed by atoms with Gasteiger partial charge in [0.2, 0.25) is 11.8 Å². The number of aromatic nitrogens is 2. The molecule has 0 atom stereocenters. The summed E-state index contributed by atoms with van der Waals surface area (Å²) in [5, 5.41) is 2.89. The first-order valence-corrected chi connectivity index (χ1v) is 8.49. The molecule has 26 heavy (non-hydrogen) atoms. The van der Waals surface area contributed by atoms with Crippen molar-refractivity contribution in [1.29, 1.82) is 0 Å². The number of ether oxygens (including phenoxy) is 1. The molecule has 1 aliphatic rings. The fourth-order valence-electron chi connectivity index (χ4n) is 2.60. The Bertz CT molecular complexity index is 991. The minimum atomic E-state index is -0.490. The summed E-state index contributed by atoms with van der Waals surface area (Å²) in [5.74, 6) is 0.0561. The molecule has 1 saturated carbocycles. The van der Waals surface area contributed by atoms with Crippen LogP contribution in [0.1, 0.15) is 30.3 Å². The number of pyridine rings is 1. The summed E-state index contributed by atoms with van der Waals surface area (Å²) in [6.07, 6.45) is 3.41. The van der Waals surface area contributed by atoms with Crippen molar-refractivity contribution in [3.63, 3.8) is 0 Å². The lowest BCUT2D eigenvalue weighted by Gasteiger charge is -2.02. The predicted octanol–water partition coefficient (Wildman–Crippen LogP) is 3.42. The van der Waals surface area contributed by atoms with Crippen molar-refractivity contribution in [3.8, 4) is 11.5 Å². The van der Waals surface area contributed by atoms with E-state index in [1.54, 1.807) is 37.3 Å². The molecule has 0 bridgehead atoms. The maximum Gasteiger partial charge on any atom is 0.356 e. The van der Waals surface area contributed by atoms with E-state index in [1.165, 1.54) is 6.20 Å². The SMILES string of the molecule is CCOC(=O)c1cc(-c2nc3ccc(NC(=O)C4CC4)cc3o2)ccn1. The maximum atomic E-state index is 11.9. The van der Waals surface area contributed by atoms with Crippen molar-refractivity contribution in [1.82, 2.24) is 9.97 Å². The molecule has 1 fully saturated rings. The van der Waals surface area contributed by atoms with Gasteiger partial charge in [0.1, 0.15) is 11.2 Å². The molecule has 2 heterocycles. The largest absolute Gasteiger partial charge is 0.461 e. The van der Waals surface area contributed by atoms with Crippen molar-refractivity contribution < 1.29 is 18.7 Å². The lowest BCUT2D eigenvalue weighted by molar-refractivity contribution is -0.117. The van der Waals surface area contributed by atoms with Crippen LogP contribution in [-0.4, -0.2) is 28.5 Å². The average molecular weight is 351 g/mol. The van der Waals surface area contributed by atoms with Gasteiger partial charge in [0.15, 0.2) is 5.58 Å². The normalized spacial score (nSPS) is 13.6. The van der Waals surface area contributed by atoms with Crippen molar-refractivity contribution in [3.05, 3.63) is 42.2 Å². The van der Waals surface area contributed by atoms with Crippen LogP contribution in [-0.2, 0) is 9.53 Å². The first-order chi connectivity index (χ1) is 12.6. The number of esters is 1. The zero-order chi connectivity index (χ0) is 18.1. The third-order valence-electron chi connectivity index (χ3n) is 4.10. The smallest absolute Gasteiger partial charge is 0.356 e. The number of nitrogens with one attached hydrogen (secondary N) is 1. The molecule has 1 aliphatic carbocycles. The third kappa shape index (κ3) is 3.28. The Morgan fingerprint density at radius 2 is 2.12 bits per heavy atom. The van der Waals surface area contributed by atoms with Crippen LogP contribution >= 0.6 is 0 Å².